The molecule has 2 aliphatic rings. The third-order valence-corrected chi connectivity index (χ3v) is 4.80. The van der Waals surface area contributed by atoms with E-state index in [1.54, 1.807) is 0 Å². The van der Waals surface area contributed by atoms with Crippen LogP contribution in [0.5, 0.6) is 0 Å². The highest BCUT2D eigenvalue weighted by molar-refractivity contribution is 4.85. The molecule has 0 aromatic carbocycles. The minimum absolute atomic E-state index is 0.526. The largest absolute Gasteiger partial charge is 0.327 e. The maximum atomic E-state index is 6.47. The quantitative estimate of drug-likeness (QED) is 0.737. The zero-order chi connectivity index (χ0) is 10.7. The Balaban J connectivity index is 1.81. The van der Waals surface area contributed by atoms with Gasteiger partial charge in [-0.05, 0) is 43.4 Å². The van der Waals surface area contributed by atoms with Crippen LogP contribution in [0.1, 0.15) is 64.7 Å². The van der Waals surface area contributed by atoms with Gasteiger partial charge in [0.15, 0.2) is 0 Å². The van der Waals surface area contributed by atoms with Crippen LogP contribution in [0.2, 0.25) is 0 Å². The highest BCUT2D eigenvalue weighted by atomic mass is 14.7. The van der Waals surface area contributed by atoms with E-state index in [-0.39, 0.29) is 0 Å². The van der Waals surface area contributed by atoms with E-state index in [9.17, 15) is 0 Å². The highest BCUT2D eigenvalue weighted by Crippen LogP contribution is 2.36. The van der Waals surface area contributed by atoms with Crippen LogP contribution in [-0.4, -0.2) is 6.04 Å². The second kappa shape index (κ2) is 5.34. The van der Waals surface area contributed by atoms with Gasteiger partial charge in [-0.25, -0.2) is 0 Å². The first-order chi connectivity index (χ1) is 7.27. The third-order valence-electron chi connectivity index (χ3n) is 4.80. The minimum atomic E-state index is 0.526. The molecule has 1 heteroatoms. The fourth-order valence-electron chi connectivity index (χ4n) is 3.57. The van der Waals surface area contributed by atoms with Crippen LogP contribution >= 0.6 is 0 Å². The number of nitrogens with two attached hydrogens (primary N) is 1. The molecule has 1 unspecified atom stereocenters. The van der Waals surface area contributed by atoms with Gasteiger partial charge in [-0.2, -0.15) is 0 Å². The van der Waals surface area contributed by atoms with Crippen LogP contribution in [0.25, 0.3) is 0 Å². The summed E-state index contributed by atoms with van der Waals surface area (Å²) in [6.45, 7) is 2.39. The van der Waals surface area contributed by atoms with Crippen LogP contribution in [0, 0.1) is 17.8 Å². The molecule has 0 heterocycles. The fraction of sp³-hybridized carbons (Fsp3) is 1.00. The standard InChI is InChI=1S/C14H27N/c1-11-7-9-13(10-8-11)14(15)12-5-3-2-4-6-12/h11-14H,2-10,15H2,1H3/t11-,13-,14?. The Hall–Kier alpha value is -0.0400. The molecule has 88 valence electrons. The van der Waals surface area contributed by atoms with Gasteiger partial charge in [-0.15, -0.1) is 0 Å². The van der Waals surface area contributed by atoms with E-state index in [2.05, 4.69) is 6.92 Å². The van der Waals surface area contributed by atoms with Crippen molar-refractivity contribution >= 4 is 0 Å². The van der Waals surface area contributed by atoms with Crippen molar-refractivity contribution in [2.45, 2.75) is 70.8 Å². The molecule has 0 aromatic heterocycles. The van der Waals surface area contributed by atoms with Crippen LogP contribution in [0.3, 0.4) is 0 Å². The lowest BCUT2D eigenvalue weighted by atomic mass is 9.72. The van der Waals surface area contributed by atoms with E-state index in [0.29, 0.717) is 6.04 Å². The second-order valence-electron chi connectivity index (χ2n) is 6.00. The normalized spacial score (nSPS) is 36.4. The average molecular weight is 209 g/mol. The van der Waals surface area contributed by atoms with Crippen molar-refractivity contribution in [3.05, 3.63) is 0 Å². The maximum absolute atomic E-state index is 6.47. The molecule has 15 heavy (non-hydrogen) atoms. The summed E-state index contributed by atoms with van der Waals surface area (Å²) < 4.78 is 0. The Morgan fingerprint density at radius 2 is 1.33 bits per heavy atom. The molecule has 0 bridgehead atoms. The van der Waals surface area contributed by atoms with Gasteiger partial charge >= 0.3 is 0 Å². The molecule has 2 N–H and O–H groups in total. The Bertz CT molecular complexity index is 176. The molecule has 0 aromatic rings. The van der Waals surface area contributed by atoms with E-state index >= 15 is 0 Å². The molecule has 0 spiro atoms. The molecule has 1 atom stereocenters. The summed E-state index contributed by atoms with van der Waals surface area (Å²) in [6, 6.07) is 0.526. The molecular formula is C14H27N. The molecule has 0 amide bonds. The Labute approximate surface area is 94.8 Å². The zero-order valence-electron chi connectivity index (χ0n) is 10.3. The molecule has 0 aliphatic heterocycles. The minimum Gasteiger partial charge on any atom is -0.327 e. The summed E-state index contributed by atoms with van der Waals surface area (Å²) in [6.07, 6.45) is 12.8. The van der Waals surface area contributed by atoms with Crippen LogP contribution in [0.4, 0.5) is 0 Å². The van der Waals surface area contributed by atoms with E-state index in [4.69, 9.17) is 5.73 Å². The first-order valence-electron chi connectivity index (χ1n) is 7.03. The summed E-state index contributed by atoms with van der Waals surface area (Å²) in [5.41, 5.74) is 6.47. The van der Waals surface area contributed by atoms with Gasteiger partial charge in [0, 0.05) is 6.04 Å². The lowest BCUT2D eigenvalue weighted by Crippen LogP contribution is -2.40. The Kier molecular flexibility index (Phi) is 4.07. The second-order valence-corrected chi connectivity index (χ2v) is 6.00. The van der Waals surface area contributed by atoms with Crippen molar-refractivity contribution in [1.82, 2.24) is 0 Å². The first-order valence-corrected chi connectivity index (χ1v) is 7.03. The Morgan fingerprint density at radius 3 is 1.93 bits per heavy atom. The van der Waals surface area contributed by atoms with Gasteiger partial charge in [-0.1, -0.05) is 39.0 Å². The predicted octanol–water partition coefficient (Wildman–Crippen LogP) is 3.72. The van der Waals surface area contributed by atoms with Gasteiger partial charge in [0.25, 0.3) is 0 Å². The maximum Gasteiger partial charge on any atom is 0.00956 e. The molecule has 2 aliphatic carbocycles. The summed E-state index contributed by atoms with van der Waals surface area (Å²) in [5, 5.41) is 0. The van der Waals surface area contributed by atoms with Crippen molar-refractivity contribution < 1.29 is 0 Å². The van der Waals surface area contributed by atoms with Gasteiger partial charge in [-0.3, -0.25) is 0 Å². The van der Waals surface area contributed by atoms with Crippen molar-refractivity contribution in [1.29, 1.82) is 0 Å². The molecule has 2 fully saturated rings. The van der Waals surface area contributed by atoms with Crippen LogP contribution in [-0.2, 0) is 0 Å². The molecule has 1 nitrogen and oxygen atoms in total. The number of hydrogen-bond donors (Lipinski definition) is 1. The zero-order valence-corrected chi connectivity index (χ0v) is 10.3. The summed E-state index contributed by atoms with van der Waals surface area (Å²) in [4.78, 5) is 0. The smallest absolute Gasteiger partial charge is 0.00956 e. The predicted molar refractivity (Wildman–Crippen MR) is 65.7 cm³/mol. The van der Waals surface area contributed by atoms with Crippen molar-refractivity contribution in [2.24, 2.45) is 23.5 Å². The monoisotopic (exact) mass is 209 g/mol. The number of rotatable bonds is 2. The van der Waals surface area contributed by atoms with E-state index in [0.717, 1.165) is 17.8 Å². The molecule has 0 radical (unpaired) electrons. The SMILES string of the molecule is C[C@H]1CC[C@H](C(N)C2CCCCC2)CC1. The van der Waals surface area contributed by atoms with Crippen LogP contribution < -0.4 is 5.73 Å². The first kappa shape index (κ1) is 11.4. The number of hydrogen-bond acceptors (Lipinski definition) is 1. The van der Waals surface area contributed by atoms with Gasteiger partial charge < -0.3 is 5.73 Å². The van der Waals surface area contributed by atoms with Gasteiger partial charge in [0.1, 0.15) is 0 Å². The topological polar surface area (TPSA) is 26.0 Å². The summed E-state index contributed by atoms with van der Waals surface area (Å²) >= 11 is 0. The van der Waals surface area contributed by atoms with Gasteiger partial charge in [0.2, 0.25) is 0 Å². The van der Waals surface area contributed by atoms with Crippen molar-refractivity contribution in [3.8, 4) is 0 Å². The van der Waals surface area contributed by atoms with Crippen molar-refractivity contribution in [3.63, 3.8) is 0 Å². The lowest BCUT2D eigenvalue weighted by molar-refractivity contribution is 0.185. The molecule has 2 saturated carbocycles. The average Bonchev–Trinajstić information content (AvgIpc) is 2.30. The van der Waals surface area contributed by atoms with Gasteiger partial charge in [0.05, 0.1) is 0 Å². The van der Waals surface area contributed by atoms with E-state index in [1.165, 1.54) is 57.8 Å². The van der Waals surface area contributed by atoms with Crippen LogP contribution in [0.15, 0.2) is 0 Å². The molecule has 0 saturated heterocycles. The third kappa shape index (κ3) is 2.96. The highest BCUT2D eigenvalue weighted by Gasteiger charge is 2.29. The van der Waals surface area contributed by atoms with E-state index in [1.807, 2.05) is 0 Å². The lowest BCUT2D eigenvalue weighted by Gasteiger charge is -2.36. The Morgan fingerprint density at radius 1 is 0.800 bits per heavy atom. The molecular weight excluding hydrogens is 182 g/mol. The summed E-state index contributed by atoms with van der Waals surface area (Å²) in [5.74, 6) is 2.67. The van der Waals surface area contributed by atoms with Crippen molar-refractivity contribution in [2.75, 3.05) is 0 Å². The fourth-order valence-corrected chi connectivity index (χ4v) is 3.57. The summed E-state index contributed by atoms with van der Waals surface area (Å²) in [7, 11) is 0. The molecule has 2 rings (SSSR count). The van der Waals surface area contributed by atoms with E-state index < -0.39 is 0 Å².